The number of aryl methyl sites for hydroxylation is 2. The van der Waals surface area contributed by atoms with Crippen LogP contribution < -0.4 is 11.2 Å². The van der Waals surface area contributed by atoms with E-state index in [1.807, 2.05) is 24.5 Å². The van der Waals surface area contributed by atoms with Crippen molar-refractivity contribution in [3.63, 3.8) is 0 Å². The average Bonchev–Trinajstić information content (AvgIpc) is 3.25. The van der Waals surface area contributed by atoms with Crippen molar-refractivity contribution in [2.45, 2.75) is 20.8 Å². The molecule has 0 unspecified atom stereocenters. The molecule has 32 heavy (non-hydrogen) atoms. The number of nitrogens with one attached hydrogen (secondary N) is 1. The molecule has 3 N–H and O–H groups in total. The lowest BCUT2D eigenvalue weighted by Gasteiger charge is -2.09. The van der Waals surface area contributed by atoms with E-state index in [1.165, 1.54) is 29.8 Å². The Morgan fingerprint density at radius 1 is 1.25 bits per heavy atom. The fraction of sp³-hybridized carbons (Fsp3) is 0.143. The Morgan fingerprint density at radius 2 is 1.97 bits per heavy atom. The summed E-state index contributed by atoms with van der Waals surface area (Å²) in [6, 6.07) is 8.24. The van der Waals surface area contributed by atoms with E-state index in [4.69, 9.17) is 5.73 Å². The van der Waals surface area contributed by atoms with Gasteiger partial charge in [-0.3, -0.25) is 14.9 Å². The molecule has 0 atom stereocenters. The predicted octanol–water partition coefficient (Wildman–Crippen LogP) is 3.66. The molecule has 0 aliphatic carbocycles. The molecule has 1 aromatic carbocycles. The van der Waals surface area contributed by atoms with Crippen LogP contribution in [0.1, 0.15) is 32.2 Å². The molecular formula is C21H19N7O3S. The summed E-state index contributed by atoms with van der Waals surface area (Å²) in [5.41, 5.74) is 12.6. The second-order valence-electron chi connectivity index (χ2n) is 7.13. The number of aromatic nitrogens is 3. The van der Waals surface area contributed by atoms with Crippen molar-refractivity contribution in [2.24, 2.45) is 5.10 Å². The number of carbonyl (C=O) groups excluding carboxylic acids is 1. The van der Waals surface area contributed by atoms with Gasteiger partial charge >= 0.3 is 0 Å². The molecule has 4 aromatic rings. The lowest BCUT2D eigenvalue weighted by atomic mass is 10.2. The lowest BCUT2D eigenvalue weighted by Crippen LogP contribution is -2.17. The van der Waals surface area contributed by atoms with Gasteiger partial charge in [-0.05, 0) is 44.5 Å². The van der Waals surface area contributed by atoms with E-state index >= 15 is 0 Å². The third-order valence-corrected chi connectivity index (χ3v) is 6.32. The van der Waals surface area contributed by atoms with Gasteiger partial charge in [-0.2, -0.15) is 5.10 Å². The molecule has 162 valence electrons. The van der Waals surface area contributed by atoms with Crippen molar-refractivity contribution in [1.82, 2.24) is 20.0 Å². The van der Waals surface area contributed by atoms with Gasteiger partial charge in [0.05, 0.1) is 21.4 Å². The first-order valence-corrected chi connectivity index (χ1v) is 10.4. The van der Waals surface area contributed by atoms with Crippen LogP contribution >= 0.6 is 11.3 Å². The summed E-state index contributed by atoms with van der Waals surface area (Å²) in [5, 5.41) is 15.7. The second kappa shape index (κ2) is 8.19. The third kappa shape index (κ3) is 3.69. The van der Waals surface area contributed by atoms with E-state index in [9.17, 15) is 14.9 Å². The Kier molecular flexibility index (Phi) is 5.41. The zero-order chi connectivity index (χ0) is 23.0. The van der Waals surface area contributed by atoms with Gasteiger partial charge in [0.2, 0.25) is 0 Å². The number of benzene rings is 1. The Labute approximate surface area is 186 Å². The number of nitro groups is 1. The highest BCUT2D eigenvalue weighted by Crippen LogP contribution is 2.31. The molecule has 3 heterocycles. The molecule has 0 aliphatic heterocycles. The van der Waals surface area contributed by atoms with Crippen LogP contribution in [0, 0.1) is 30.9 Å². The quantitative estimate of drug-likeness (QED) is 0.270. The van der Waals surface area contributed by atoms with Crippen LogP contribution in [0.2, 0.25) is 0 Å². The molecule has 3 aromatic heterocycles. The number of nitrogens with two attached hydrogens (primary N) is 1. The number of rotatable bonds is 5. The first-order valence-electron chi connectivity index (χ1n) is 9.54. The van der Waals surface area contributed by atoms with E-state index < -0.39 is 4.92 Å². The van der Waals surface area contributed by atoms with Crippen molar-refractivity contribution in [2.75, 3.05) is 5.73 Å². The zero-order valence-electron chi connectivity index (χ0n) is 17.5. The average molecular weight is 449 g/mol. The summed E-state index contributed by atoms with van der Waals surface area (Å²) in [6.07, 6.45) is 2.94. The zero-order valence-corrected chi connectivity index (χ0v) is 18.3. The largest absolute Gasteiger partial charge is 0.383 e. The number of thiophene rings is 1. The van der Waals surface area contributed by atoms with Gasteiger partial charge in [0, 0.05) is 34.8 Å². The summed E-state index contributed by atoms with van der Waals surface area (Å²) < 4.78 is 1.96. The van der Waals surface area contributed by atoms with Crippen molar-refractivity contribution in [3.05, 3.63) is 74.2 Å². The number of hydrazone groups is 1. The molecule has 0 saturated carbocycles. The van der Waals surface area contributed by atoms with E-state index in [2.05, 4.69) is 20.5 Å². The van der Waals surface area contributed by atoms with Gasteiger partial charge in [-0.15, -0.1) is 11.3 Å². The molecule has 0 aliphatic rings. The Morgan fingerprint density at radius 3 is 2.62 bits per heavy atom. The molecule has 0 spiro atoms. The van der Waals surface area contributed by atoms with Crippen LogP contribution in [0.4, 0.5) is 11.5 Å². The fourth-order valence-corrected chi connectivity index (χ4v) is 4.61. The van der Waals surface area contributed by atoms with E-state index in [0.717, 1.165) is 22.6 Å². The maximum absolute atomic E-state index is 12.6. The minimum absolute atomic E-state index is 0.0324. The van der Waals surface area contributed by atoms with Crippen LogP contribution in [0.25, 0.3) is 15.9 Å². The van der Waals surface area contributed by atoms with Gasteiger partial charge in [-0.25, -0.2) is 15.4 Å². The Balaban J connectivity index is 1.55. The van der Waals surface area contributed by atoms with E-state index in [-0.39, 0.29) is 11.6 Å². The van der Waals surface area contributed by atoms with Gasteiger partial charge < -0.3 is 10.3 Å². The summed E-state index contributed by atoms with van der Waals surface area (Å²) in [6.45, 7) is 5.64. The maximum Gasteiger partial charge on any atom is 0.281 e. The van der Waals surface area contributed by atoms with Crippen molar-refractivity contribution >= 4 is 45.2 Å². The monoisotopic (exact) mass is 449 g/mol. The summed E-state index contributed by atoms with van der Waals surface area (Å²) in [7, 11) is 0. The molecule has 0 fully saturated rings. The van der Waals surface area contributed by atoms with Crippen LogP contribution in [0.3, 0.4) is 0 Å². The lowest BCUT2D eigenvalue weighted by molar-refractivity contribution is -0.384. The van der Waals surface area contributed by atoms with Gasteiger partial charge in [0.15, 0.2) is 0 Å². The van der Waals surface area contributed by atoms with Crippen LogP contribution in [-0.4, -0.2) is 31.6 Å². The number of nitrogen functional groups attached to an aromatic ring is 1. The molecular weight excluding hydrogens is 430 g/mol. The van der Waals surface area contributed by atoms with Gasteiger partial charge in [-0.1, -0.05) is 0 Å². The highest BCUT2D eigenvalue weighted by atomic mass is 32.1. The molecule has 0 bridgehead atoms. The number of non-ortho nitro benzene ring substituents is 1. The minimum Gasteiger partial charge on any atom is -0.383 e. The Bertz CT molecular complexity index is 1390. The summed E-state index contributed by atoms with van der Waals surface area (Å²) >= 11 is 1.23. The molecule has 0 radical (unpaired) electrons. The van der Waals surface area contributed by atoms with Crippen LogP contribution in [0.15, 0.2) is 41.8 Å². The number of nitrogens with zero attached hydrogens (tertiary/aromatic N) is 5. The highest BCUT2D eigenvalue weighted by molar-refractivity contribution is 7.20. The maximum atomic E-state index is 12.6. The summed E-state index contributed by atoms with van der Waals surface area (Å²) in [4.78, 5) is 32.4. The van der Waals surface area contributed by atoms with Crippen LogP contribution in [-0.2, 0) is 0 Å². The molecule has 4 rings (SSSR count). The highest BCUT2D eigenvalue weighted by Gasteiger charge is 2.18. The molecule has 0 saturated heterocycles. The van der Waals surface area contributed by atoms with E-state index in [0.29, 0.717) is 26.5 Å². The van der Waals surface area contributed by atoms with E-state index in [1.54, 1.807) is 25.3 Å². The van der Waals surface area contributed by atoms with Gasteiger partial charge in [0.1, 0.15) is 17.0 Å². The number of anilines is 1. The topological polar surface area (TPSA) is 141 Å². The summed E-state index contributed by atoms with van der Waals surface area (Å²) in [5.74, 6) is -0.0182. The molecule has 11 heteroatoms. The van der Waals surface area contributed by atoms with Crippen molar-refractivity contribution in [1.29, 1.82) is 0 Å². The first kappa shape index (κ1) is 21.1. The number of carbonyl (C=O) groups is 1. The normalized spacial score (nSPS) is 11.3. The Hall–Kier alpha value is -4.12. The minimum atomic E-state index is -0.431. The predicted molar refractivity (Wildman–Crippen MR) is 124 cm³/mol. The number of amides is 1. The number of nitro benzene ring substituents is 1. The smallest absolute Gasteiger partial charge is 0.281 e. The fourth-order valence-electron chi connectivity index (χ4n) is 3.57. The first-order chi connectivity index (χ1) is 15.3. The molecule has 1 amide bonds. The molecule has 10 nitrogen and oxygen atoms in total. The van der Waals surface area contributed by atoms with Crippen molar-refractivity contribution in [3.8, 4) is 5.69 Å². The van der Waals surface area contributed by atoms with Crippen molar-refractivity contribution < 1.29 is 9.72 Å². The number of fused-ring (bicyclic) bond motifs is 1. The number of hydrogen-bond acceptors (Lipinski definition) is 8. The number of hydrogen-bond donors (Lipinski definition) is 2. The SMILES string of the molecule is Cc1c(C(=O)NN=Cc2cc(C)n(-c3ccc([N+](=O)[O-])cc3)c2C)sc2ncnc(N)c12. The third-order valence-electron chi connectivity index (χ3n) is 5.12. The second-order valence-corrected chi connectivity index (χ2v) is 8.13. The standard InChI is InChI=1S/C21H19N7O3S/c1-11-8-14(13(3)27(11)15-4-6-16(7-5-15)28(30)31)9-25-26-20(29)18-12(2)17-19(22)23-10-24-21(17)32-18/h4-10H,1-3H3,(H,26,29)(H2,22,23,24). The van der Waals surface area contributed by atoms with Crippen LogP contribution in [0.5, 0.6) is 0 Å². The van der Waals surface area contributed by atoms with Gasteiger partial charge in [0.25, 0.3) is 11.6 Å².